The third-order valence-corrected chi connectivity index (χ3v) is 3.87. The molecule has 9 nitrogen and oxygen atoms in total. The molecule has 0 aromatic rings. The van der Waals surface area contributed by atoms with Gasteiger partial charge in [0, 0.05) is 0 Å². The van der Waals surface area contributed by atoms with Gasteiger partial charge in [0.2, 0.25) is 0 Å². The second-order valence-corrected chi connectivity index (χ2v) is 7.00. The minimum atomic E-state index is -1.83. The summed E-state index contributed by atoms with van der Waals surface area (Å²) in [7, 11) is 0. The van der Waals surface area contributed by atoms with E-state index in [-0.39, 0.29) is 0 Å². The van der Waals surface area contributed by atoms with E-state index in [9.17, 15) is 9.59 Å². The summed E-state index contributed by atoms with van der Waals surface area (Å²) in [5.41, 5.74) is 0. The lowest BCUT2D eigenvalue weighted by Gasteiger charge is -2.05. The Balaban J connectivity index is -0.000000450. The molecule has 0 aromatic heterocycles. The summed E-state index contributed by atoms with van der Waals surface area (Å²) in [5, 5.41) is 13.9. The molecule has 192 valence electrons. The van der Waals surface area contributed by atoms with Crippen molar-refractivity contribution in [2.45, 2.75) is 105 Å². The van der Waals surface area contributed by atoms with Crippen LogP contribution in [-0.2, 0) is 18.9 Å². The van der Waals surface area contributed by atoms with E-state index in [0.717, 1.165) is 77.0 Å². The molecule has 0 atom stereocenters. The molecule has 0 bridgehead atoms. The fraction of sp³-hybridized carbons (Fsp3) is 0.870. The number of rotatable bonds is 16. The van der Waals surface area contributed by atoms with Gasteiger partial charge in [-0.1, -0.05) is 79.1 Å². The second-order valence-electron chi connectivity index (χ2n) is 7.00. The van der Waals surface area contributed by atoms with Crippen molar-refractivity contribution in [3.8, 4) is 0 Å². The van der Waals surface area contributed by atoms with Gasteiger partial charge in [-0.15, -0.1) is 0 Å². The molecule has 0 radical (unpaired) electrons. The van der Waals surface area contributed by atoms with Crippen LogP contribution in [0.15, 0.2) is 0 Å². The van der Waals surface area contributed by atoms with Crippen molar-refractivity contribution in [1.82, 2.24) is 0 Å². The highest BCUT2D eigenvalue weighted by molar-refractivity contribution is 5.60. The lowest BCUT2D eigenvalue weighted by Crippen LogP contribution is -2.09. The Kier molecular flexibility index (Phi) is 33.3. The normalized spacial score (nSPS) is 9.38. The summed E-state index contributed by atoms with van der Waals surface area (Å²) < 4.78 is 19.5. The Bertz CT molecular complexity index is 350. The molecule has 0 aromatic carbocycles. The lowest BCUT2D eigenvalue weighted by molar-refractivity contribution is 0.0521. The zero-order chi connectivity index (χ0) is 24.9. The van der Waals surface area contributed by atoms with Gasteiger partial charge in [-0.3, -0.25) is 0 Å². The number of carboxylic acid groups (broad SMARTS) is 2. The Morgan fingerprint density at radius 2 is 0.656 bits per heavy atom. The van der Waals surface area contributed by atoms with Crippen LogP contribution in [0.4, 0.5) is 14.4 Å². The summed E-state index contributed by atoms with van der Waals surface area (Å²) in [6, 6.07) is 0. The molecule has 0 aliphatic carbocycles. The fourth-order valence-electron chi connectivity index (χ4n) is 2.11. The molecule has 0 heterocycles. The van der Waals surface area contributed by atoms with Gasteiger partial charge in [0.1, 0.15) is 0 Å². The highest BCUT2D eigenvalue weighted by Crippen LogP contribution is 1.99. The minimum Gasteiger partial charge on any atom is -0.450 e. The van der Waals surface area contributed by atoms with E-state index in [1.807, 2.05) is 0 Å². The summed E-state index contributed by atoms with van der Waals surface area (Å²) in [5.74, 6) is 0. The average Bonchev–Trinajstić information content (AvgIpc) is 2.75. The van der Waals surface area contributed by atoms with Crippen molar-refractivity contribution in [3.63, 3.8) is 0 Å². The molecule has 0 saturated carbocycles. The first-order chi connectivity index (χ1) is 15.3. The van der Waals surface area contributed by atoms with Gasteiger partial charge in [0.25, 0.3) is 0 Å². The number of hydrogen-bond acceptors (Lipinski definition) is 7. The van der Waals surface area contributed by atoms with Crippen LogP contribution in [-0.4, -0.2) is 55.1 Å². The highest BCUT2D eigenvalue weighted by Gasteiger charge is 2.02. The first-order valence-electron chi connectivity index (χ1n) is 11.9. The minimum absolute atomic E-state index is 0.487. The van der Waals surface area contributed by atoms with Crippen LogP contribution < -0.4 is 0 Å². The summed E-state index contributed by atoms with van der Waals surface area (Å²) in [4.78, 5) is 30.4. The Morgan fingerprint density at radius 3 is 0.812 bits per heavy atom. The van der Waals surface area contributed by atoms with E-state index in [4.69, 9.17) is 34.0 Å². The van der Waals surface area contributed by atoms with E-state index in [1.165, 1.54) is 0 Å². The standard InChI is InChI=1S/2C11H22O3.CH2O3/c2*1-3-5-7-9-13-11(12)14-10-8-6-4-2;2-1(3)4/h2*3-10H2,1-2H3;(H2,2,3,4). The molecule has 0 aliphatic heterocycles. The molecule has 0 aliphatic rings. The van der Waals surface area contributed by atoms with Gasteiger partial charge in [-0.05, 0) is 25.7 Å². The number of unbranched alkanes of at least 4 members (excludes halogenated alkanes) is 8. The molecule has 0 amide bonds. The van der Waals surface area contributed by atoms with Gasteiger partial charge in [-0.2, -0.15) is 0 Å². The number of carbonyl (C=O) groups is 3. The zero-order valence-corrected chi connectivity index (χ0v) is 20.6. The van der Waals surface area contributed by atoms with Crippen molar-refractivity contribution in [2.75, 3.05) is 26.4 Å². The van der Waals surface area contributed by atoms with Gasteiger partial charge < -0.3 is 29.2 Å². The van der Waals surface area contributed by atoms with Crippen molar-refractivity contribution < 1.29 is 43.5 Å². The van der Waals surface area contributed by atoms with E-state index in [1.54, 1.807) is 0 Å². The van der Waals surface area contributed by atoms with E-state index in [2.05, 4.69) is 27.7 Å². The first-order valence-corrected chi connectivity index (χ1v) is 11.9. The van der Waals surface area contributed by atoms with E-state index in [0.29, 0.717) is 26.4 Å². The Hall–Kier alpha value is -2.19. The predicted molar refractivity (Wildman–Crippen MR) is 123 cm³/mol. The van der Waals surface area contributed by atoms with Crippen LogP contribution in [0, 0.1) is 0 Å². The maximum atomic E-state index is 10.9. The molecule has 9 heteroatoms. The molecule has 0 saturated heterocycles. The van der Waals surface area contributed by atoms with Crippen molar-refractivity contribution >= 4 is 18.5 Å². The Labute approximate surface area is 193 Å². The molecule has 0 unspecified atom stereocenters. The van der Waals surface area contributed by atoms with E-state index >= 15 is 0 Å². The maximum Gasteiger partial charge on any atom is 0.508 e. The SMILES string of the molecule is CCCCCOC(=O)OCCCCC.CCCCCOC(=O)OCCCCC.O=C(O)O. The van der Waals surface area contributed by atoms with Crippen LogP contribution in [0.5, 0.6) is 0 Å². The summed E-state index contributed by atoms with van der Waals surface area (Å²) in [6.07, 6.45) is 9.79. The van der Waals surface area contributed by atoms with Crippen molar-refractivity contribution in [1.29, 1.82) is 0 Å². The van der Waals surface area contributed by atoms with E-state index < -0.39 is 18.5 Å². The number of ether oxygens (including phenoxy) is 4. The molecular weight excluding hydrogens is 420 g/mol. The number of hydrogen-bond donors (Lipinski definition) is 2. The summed E-state index contributed by atoms with van der Waals surface area (Å²) in [6.45, 7) is 10.4. The maximum absolute atomic E-state index is 10.9. The van der Waals surface area contributed by atoms with Gasteiger partial charge in [0.15, 0.2) is 0 Å². The molecular formula is C23H46O9. The van der Waals surface area contributed by atoms with Crippen LogP contribution in [0.2, 0.25) is 0 Å². The predicted octanol–water partition coefficient (Wildman–Crippen LogP) is 7.26. The second kappa shape index (κ2) is 31.0. The van der Waals surface area contributed by atoms with Gasteiger partial charge >= 0.3 is 18.5 Å². The third kappa shape index (κ3) is 42.0. The van der Waals surface area contributed by atoms with Crippen LogP contribution in [0.3, 0.4) is 0 Å². The first kappa shape index (κ1) is 34.4. The quantitative estimate of drug-likeness (QED) is 0.178. The summed E-state index contributed by atoms with van der Waals surface area (Å²) >= 11 is 0. The fourth-order valence-corrected chi connectivity index (χ4v) is 2.11. The zero-order valence-electron chi connectivity index (χ0n) is 20.6. The largest absolute Gasteiger partial charge is 0.508 e. The number of carbonyl (C=O) groups excluding carboxylic acids is 2. The smallest absolute Gasteiger partial charge is 0.450 e. The lowest BCUT2D eigenvalue weighted by atomic mass is 10.3. The van der Waals surface area contributed by atoms with Gasteiger partial charge in [-0.25, -0.2) is 14.4 Å². The molecule has 0 spiro atoms. The Morgan fingerprint density at radius 1 is 0.469 bits per heavy atom. The molecule has 0 fully saturated rings. The van der Waals surface area contributed by atoms with Crippen LogP contribution in [0.1, 0.15) is 105 Å². The van der Waals surface area contributed by atoms with Gasteiger partial charge in [0.05, 0.1) is 26.4 Å². The highest BCUT2D eigenvalue weighted by atomic mass is 16.7. The molecule has 32 heavy (non-hydrogen) atoms. The van der Waals surface area contributed by atoms with Crippen molar-refractivity contribution in [3.05, 3.63) is 0 Å². The topological polar surface area (TPSA) is 129 Å². The monoisotopic (exact) mass is 466 g/mol. The van der Waals surface area contributed by atoms with Crippen LogP contribution >= 0.6 is 0 Å². The average molecular weight is 467 g/mol. The molecule has 0 rings (SSSR count). The van der Waals surface area contributed by atoms with Crippen molar-refractivity contribution in [2.24, 2.45) is 0 Å². The van der Waals surface area contributed by atoms with Crippen LogP contribution in [0.25, 0.3) is 0 Å². The molecule has 2 N–H and O–H groups in total. The third-order valence-electron chi connectivity index (χ3n) is 3.87.